The van der Waals surface area contributed by atoms with Gasteiger partial charge in [0.2, 0.25) is 0 Å². The van der Waals surface area contributed by atoms with Crippen LogP contribution in [0.4, 0.5) is 0 Å². The first kappa shape index (κ1) is 15.7. The van der Waals surface area contributed by atoms with Gasteiger partial charge in [0.25, 0.3) is 0 Å². The van der Waals surface area contributed by atoms with Gasteiger partial charge in [0.05, 0.1) is 0 Å². The van der Waals surface area contributed by atoms with Gasteiger partial charge in [-0.25, -0.2) is 0 Å². The van der Waals surface area contributed by atoms with Crippen LogP contribution in [0.2, 0.25) is 0 Å². The molecule has 1 radical (unpaired) electrons. The molecule has 0 aromatic heterocycles. The van der Waals surface area contributed by atoms with Crippen LogP contribution in [0.3, 0.4) is 0 Å². The summed E-state index contributed by atoms with van der Waals surface area (Å²) in [6.07, 6.45) is 3.32. The minimum atomic E-state index is 0. The fourth-order valence-corrected chi connectivity index (χ4v) is 0. The van der Waals surface area contributed by atoms with Crippen molar-refractivity contribution < 1.29 is 0 Å². The first-order valence-corrected chi connectivity index (χ1v) is 1.69. The molecular weight excluding hydrogens is 94.1 g/mol. The Balaban J connectivity index is -0.0000000450. The van der Waals surface area contributed by atoms with Gasteiger partial charge in [-0.2, -0.15) is 0 Å². The molecule has 0 unspecified atom stereocenters. The molecule has 0 saturated heterocycles. The molecule has 0 aliphatic heterocycles. The van der Waals surface area contributed by atoms with Gasteiger partial charge in [-0.15, -0.1) is 0 Å². The fraction of sp³-hybridized carbons (Fsp3) is 0.750. The third-order valence-electron chi connectivity index (χ3n) is 0.408. The second kappa shape index (κ2) is 15.7. The number of rotatable bonds is 1. The summed E-state index contributed by atoms with van der Waals surface area (Å²) in [6.45, 7) is 4.18. The molecule has 0 fully saturated rings. The zero-order chi connectivity index (χ0) is 3.41. The fourth-order valence-electron chi connectivity index (χ4n) is 0. The van der Waals surface area contributed by atoms with E-state index in [-0.39, 0.29) is 70.2 Å². The van der Waals surface area contributed by atoms with Crippen LogP contribution in [0.25, 0.3) is 0 Å². The van der Waals surface area contributed by atoms with Gasteiger partial charge in [0.1, 0.15) is 0 Å². The van der Waals surface area contributed by atoms with E-state index in [0.717, 1.165) is 0 Å². The van der Waals surface area contributed by atoms with Crippen molar-refractivity contribution in [1.82, 2.24) is 0 Å². The molecule has 0 rings (SSSR count). The summed E-state index contributed by atoms with van der Waals surface area (Å²) >= 11 is 0. The summed E-state index contributed by atoms with van der Waals surface area (Å²) in [5.74, 6) is 0. The molecule has 0 amide bonds. The van der Waals surface area contributed by atoms with Gasteiger partial charge in [0, 0.05) is 0 Å². The van der Waals surface area contributed by atoms with Gasteiger partial charge in [-0.1, -0.05) is 20.3 Å². The monoisotopic (exact) mass is 105 g/mol. The Bertz CT molecular complexity index is 9.51. The zero-order valence-electron chi connectivity index (χ0n) is 3.28. The van der Waals surface area contributed by atoms with Crippen LogP contribution >= 0.6 is 0 Å². The second-order valence-electron chi connectivity index (χ2n) is 0.816. The molecule has 2 heteroatoms. The third kappa shape index (κ3) is 16.3. The molecule has 0 spiro atoms. The average molecular weight is 105 g/mol. The van der Waals surface area contributed by atoms with Crippen molar-refractivity contribution in [2.45, 2.75) is 20.3 Å². The van der Waals surface area contributed by atoms with Crippen molar-refractivity contribution in [2.75, 3.05) is 0 Å². The summed E-state index contributed by atoms with van der Waals surface area (Å²) in [5, 5.41) is 0. The standard InChI is InChI=1S/C4H9.K.Li.2H/c1-3-4-2;;;;/h3H,4H2,1-2H3;;;;. The number of hydrogen-bond donors (Lipinski definition) is 0. The van der Waals surface area contributed by atoms with Crippen molar-refractivity contribution in [3.8, 4) is 0 Å². The predicted molar refractivity (Wildman–Crippen MR) is 34.6 cm³/mol. The maximum atomic E-state index is 2.12. The van der Waals surface area contributed by atoms with Crippen LogP contribution in [0.1, 0.15) is 20.3 Å². The quantitative estimate of drug-likeness (QED) is 0.421. The summed E-state index contributed by atoms with van der Waals surface area (Å²) in [7, 11) is 0. The summed E-state index contributed by atoms with van der Waals surface area (Å²) < 4.78 is 0. The van der Waals surface area contributed by atoms with E-state index in [1.807, 2.05) is 0 Å². The molecule has 6 heavy (non-hydrogen) atoms. The molecule has 29 valence electrons. The number of hydrogen-bond acceptors (Lipinski definition) is 0. The molecular formula is C4H11KLi. The number of unbranched alkanes of at least 4 members (excludes halogenated alkanes) is 1. The van der Waals surface area contributed by atoms with Gasteiger partial charge >= 0.3 is 70.2 Å². The minimum absolute atomic E-state index is 0. The first-order chi connectivity index (χ1) is 1.91. The van der Waals surface area contributed by atoms with Crippen LogP contribution < -0.4 is 0 Å². The topological polar surface area (TPSA) is 0 Å². The molecule has 0 bridgehead atoms. The van der Waals surface area contributed by atoms with Crippen molar-refractivity contribution in [2.24, 2.45) is 0 Å². The Hall–Kier alpha value is 2.23. The Kier molecular flexibility index (Phi) is 41.1. The Morgan fingerprint density at radius 2 is 1.67 bits per heavy atom. The van der Waals surface area contributed by atoms with Crippen molar-refractivity contribution in [1.29, 1.82) is 0 Å². The predicted octanol–water partition coefficient (Wildman–Crippen LogP) is 0.324. The van der Waals surface area contributed by atoms with Gasteiger partial charge in [-0.05, 0) is 6.42 Å². The van der Waals surface area contributed by atoms with Crippen molar-refractivity contribution in [3.63, 3.8) is 0 Å². The van der Waals surface area contributed by atoms with E-state index in [2.05, 4.69) is 20.3 Å². The van der Waals surface area contributed by atoms with E-state index >= 15 is 0 Å². The SMILES string of the molecule is C[CH]CC.[KH].[LiH]. The van der Waals surface area contributed by atoms with E-state index in [0.29, 0.717) is 0 Å². The van der Waals surface area contributed by atoms with Crippen LogP contribution in [0, 0.1) is 6.42 Å². The van der Waals surface area contributed by atoms with E-state index in [1.54, 1.807) is 0 Å². The van der Waals surface area contributed by atoms with E-state index in [4.69, 9.17) is 0 Å². The molecule has 0 aromatic carbocycles. The van der Waals surface area contributed by atoms with Crippen molar-refractivity contribution >= 4 is 70.2 Å². The van der Waals surface area contributed by atoms with Gasteiger partial charge < -0.3 is 0 Å². The average Bonchev–Trinajstić information content (AvgIpc) is 1.37. The normalized spacial score (nSPS) is 5.00. The zero-order valence-corrected chi connectivity index (χ0v) is 3.28. The van der Waals surface area contributed by atoms with Gasteiger partial charge in [-0.3, -0.25) is 0 Å². The molecule has 0 aromatic rings. The molecule has 0 N–H and O–H groups in total. The van der Waals surface area contributed by atoms with Crippen LogP contribution in [0.5, 0.6) is 0 Å². The summed E-state index contributed by atoms with van der Waals surface area (Å²) in [5.41, 5.74) is 0. The molecule has 0 aliphatic carbocycles. The van der Waals surface area contributed by atoms with E-state index < -0.39 is 0 Å². The summed E-state index contributed by atoms with van der Waals surface area (Å²) in [6, 6.07) is 0. The molecule has 0 atom stereocenters. The Morgan fingerprint density at radius 3 is 1.67 bits per heavy atom. The second-order valence-corrected chi connectivity index (χ2v) is 0.816. The van der Waals surface area contributed by atoms with Crippen molar-refractivity contribution in [3.05, 3.63) is 6.42 Å². The Labute approximate surface area is 95.1 Å². The first-order valence-electron chi connectivity index (χ1n) is 1.69. The maximum absolute atomic E-state index is 2.12. The molecule has 0 aliphatic rings. The molecule has 0 saturated carbocycles. The summed E-state index contributed by atoms with van der Waals surface area (Å²) in [4.78, 5) is 0. The van der Waals surface area contributed by atoms with Gasteiger partial charge in [0.15, 0.2) is 0 Å². The van der Waals surface area contributed by atoms with Crippen LogP contribution in [-0.2, 0) is 0 Å². The molecule has 0 heterocycles. The van der Waals surface area contributed by atoms with E-state index in [1.165, 1.54) is 6.42 Å². The third-order valence-corrected chi connectivity index (χ3v) is 0.408. The van der Waals surface area contributed by atoms with Crippen LogP contribution in [-0.4, -0.2) is 70.2 Å². The van der Waals surface area contributed by atoms with Crippen LogP contribution in [0.15, 0.2) is 0 Å². The van der Waals surface area contributed by atoms with E-state index in [9.17, 15) is 0 Å². The molecule has 0 nitrogen and oxygen atoms in total. The Morgan fingerprint density at radius 1 is 1.50 bits per heavy atom.